The quantitative estimate of drug-likeness (QED) is 0.719. The van der Waals surface area contributed by atoms with Gasteiger partial charge in [0.25, 0.3) is 0 Å². The number of rotatable bonds is 2. The summed E-state index contributed by atoms with van der Waals surface area (Å²) in [6, 6.07) is 0.155. The summed E-state index contributed by atoms with van der Waals surface area (Å²) in [5.41, 5.74) is 0. The SMILES string of the molecule is CCN1C(=O)N(C2CCCC2)C(=O)CC1C. The van der Waals surface area contributed by atoms with E-state index in [4.69, 9.17) is 0 Å². The summed E-state index contributed by atoms with van der Waals surface area (Å²) in [6.45, 7) is 4.61. The second-order valence-corrected chi connectivity index (χ2v) is 4.82. The van der Waals surface area contributed by atoms with Crippen LogP contribution in [0.15, 0.2) is 0 Å². The first kappa shape index (κ1) is 11.4. The van der Waals surface area contributed by atoms with Crippen LogP contribution in [0.1, 0.15) is 46.0 Å². The van der Waals surface area contributed by atoms with Gasteiger partial charge in [0.05, 0.1) is 0 Å². The van der Waals surface area contributed by atoms with Gasteiger partial charge in [-0.15, -0.1) is 0 Å². The molecule has 4 nitrogen and oxygen atoms in total. The molecule has 2 fully saturated rings. The smallest absolute Gasteiger partial charge is 0.321 e. The Morgan fingerprint density at radius 1 is 1.25 bits per heavy atom. The van der Waals surface area contributed by atoms with Gasteiger partial charge in [-0.05, 0) is 26.7 Å². The van der Waals surface area contributed by atoms with E-state index in [1.807, 2.05) is 13.8 Å². The number of urea groups is 1. The van der Waals surface area contributed by atoms with Gasteiger partial charge in [-0.1, -0.05) is 12.8 Å². The molecule has 1 saturated heterocycles. The Kier molecular flexibility index (Phi) is 3.17. The third kappa shape index (κ3) is 1.81. The van der Waals surface area contributed by atoms with Gasteiger partial charge < -0.3 is 4.90 Å². The predicted molar refractivity (Wildman–Crippen MR) is 61.0 cm³/mol. The number of hydrogen-bond acceptors (Lipinski definition) is 2. The molecular formula is C12H20N2O2. The highest BCUT2D eigenvalue weighted by molar-refractivity contribution is 5.97. The van der Waals surface area contributed by atoms with Crippen LogP contribution >= 0.6 is 0 Å². The van der Waals surface area contributed by atoms with E-state index in [-0.39, 0.29) is 24.0 Å². The van der Waals surface area contributed by atoms with Crippen LogP contribution in [0.5, 0.6) is 0 Å². The molecule has 1 atom stereocenters. The van der Waals surface area contributed by atoms with Crippen LogP contribution in [0.25, 0.3) is 0 Å². The van der Waals surface area contributed by atoms with Gasteiger partial charge in [-0.3, -0.25) is 9.69 Å². The van der Waals surface area contributed by atoms with Crippen LogP contribution in [-0.4, -0.2) is 40.4 Å². The summed E-state index contributed by atoms with van der Waals surface area (Å²) in [7, 11) is 0. The third-order valence-electron chi connectivity index (χ3n) is 3.75. The van der Waals surface area contributed by atoms with E-state index in [9.17, 15) is 9.59 Å². The van der Waals surface area contributed by atoms with E-state index in [1.54, 1.807) is 4.90 Å². The average molecular weight is 224 g/mol. The summed E-state index contributed by atoms with van der Waals surface area (Å²) in [5.74, 6) is 0.0223. The lowest BCUT2D eigenvalue weighted by atomic mass is 10.1. The monoisotopic (exact) mass is 224 g/mol. The largest absolute Gasteiger partial charge is 0.327 e. The number of carbonyl (C=O) groups is 2. The van der Waals surface area contributed by atoms with Crippen LogP contribution in [0.4, 0.5) is 4.79 Å². The number of carbonyl (C=O) groups excluding carboxylic acids is 2. The van der Waals surface area contributed by atoms with Gasteiger partial charge in [-0.2, -0.15) is 0 Å². The van der Waals surface area contributed by atoms with Crippen molar-refractivity contribution in [2.75, 3.05) is 6.54 Å². The van der Waals surface area contributed by atoms with Crippen LogP contribution in [0.2, 0.25) is 0 Å². The van der Waals surface area contributed by atoms with Crippen molar-refractivity contribution in [2.24, 2.45) is 0 Å². The molecule has 1 unspecified atom stereocenters. The van der Waals surface area contributed by atoms with E-state index < -0.39 is 0 Å². The van der Waals surface area contributed by atoms with Crippen molar-refractivity contribution in [1.29, 1.82) is 0 Å². The molecule has 16 heavy (non-hydrogen) atoms. The summed E-state index contributed by atoms with van der Waals surface area (Å²) in [4.78, 5) is 27.5. The van der Waals surface area contributed by atoms with Crippen LogP contribution in [0.3, 0.4) is 0 Å². The Labute approximate surface area is 96.6 Å². The highest BCUT2D eigenvalue weighted by atomic mass is 16.2. The third-order valence-corrected chi connectivity index (χ3v) is 3.75. The summed E-state index contributed by atoms with van der Waals surface area (Å²) in [6.07, 6.45) is 4.75. The zero-order valence-electron chi connectivity index (χ0n) is 10.1. The molecule has 1 aliphatic carbocycles. The first-order chi connectivity index (χ1) is 7.65. The van der Waals surface area contributed by atoms with Crippen molar-refractivity contribution >= 4 is 11.9 Å². The van der Waals surface area contributed by atoms with Crippen molar-refractivity contribution < 1.29 is 9.59 Å². The lowest BCUT2D eigenvalue weighted by Gasteiger charge is -2.40. The first-order valence-corrected chi connectivity index (χ1v) is 6.27. The Morgan fingerprint density at radius 2 is 1.88 bits per heavy atom. The van der Waals surface area contributed by atoms with Gasteiger partial charge in [-0.25, -0.2) is 4.79 Å². The average Bonchev–Trinajstić information content (AvgIpc) is 2.70. The van der Waals surface area contributed by atoms with Crippen molar-refractivity contribution in [2.45, 2.75) is 58.0 Å². The zero-order valence-corrected chi connectivity index (χ0v) is 10.1. The molecule has 1 heterocycles. The van der Waals surface area contributed by atoms with Crippen LogP contribution in [0, 0.1) is 0 Å². The molecule has 0 aromatic rings. The molecule has 0 bridgehead atoms. The van der Waals surface area contributed by atoms with E-state index in [0.717, 1.165) is 25.7 Å². The molecule has 0 radical (unpaired) electrons. The second kappa shape index (κ2) is 4.44. The highest BCUT2D eigenvalue weighted by Gasteiger charge is 2.40. The minimum Gasteiger partial charge on any atom is -0.321 e. The second-order valence-electron chi connectivity index (χ2n) is 4.82. The normalized spacial score (nSPS) is 28.0. The molecular weight excluding hydrogens is 204 g/mol. The predicted octanol–water partition coefficient (Wildman–Crippen LogP) is 1.99. The van der Waals surface area contributed by atoms with E-state index >= 15 is 0 Å². The topological polar surface area (TPSA) is 40.6 Å². The van der Waals surface area contributed by atoms with Crippen molar-refractivity contribution in [3.8, 4) is 0 Å². The van der Waals surface area contributed by atoms with Gasteiger partial charge >= 0.3 is 6.03 Å². The maximum atomic E-state index is 12.2. The standard InChI is InChI=1S/C12H20N2O2/c1-3-13-9(2)8-11(15)14(12(13)16)10-6-4-5-7-10/h9-10H,3-8H2,1-2H3. The molecule has 3 amide bonds. The minimum absolute atomic E-state index is 0.0223. The van der Waals surface area contributed by atoms with E-state index in [1.165, 1.54) is 4.90 Å². The fourth-order valence-electron chi connectivity index (χ4n) is 2.86. The van der Waals surface area contributed by atoms with Gasteiger partial charge in [0.1, 0.15) is 0 Å². The molecule has 0 aromatic heterocycles. The van der Waals surface area contributed by atoms with Crippen molar-refractivity contribution in [3.63, 3.8) is 0 Å². The molecule has 1 aliphatic heterocycles. The summed E-state index contributed by atoms with van der Waals surface area (Å²) in [5, 5.41) is 0. The van der Waals surface area contributed by atoms with Gasteiger partial charge in [0, 0.05) is 25.0 Å². The zero-order chi connectivity index (χ0) is 11.7. The fourth-order valence-corrected chi connectivity index (χ4v) is 2.86. The molecule has 4 heteroatoms. The maximum absolute atomic E-state index is 12.2. The molecule has 0 spiro atoms. The lowest BCUT2D eigenvalue weighted by Crippen LogP contribution is -2.58. The molecule has 2 rings (SSSR count). The molecule has 0 N–H and O–H groups in total. The number of hydrogen-bond donors (Lipinski definition) is 0. The minimum atomic E-state index is -0.0712. The van der Waals surface area contributed by atoms with Crippen LogP contribution < -0.4 is 0 Å². The van der Waals surface area contributed by atoms with Gasteiger partial charge in [0.2, 0.25) is 5.91 Å². The molecule has 0 aromatic carbocycles. The molecule has 2 aliphatic rings. The van der Waals surface area contributed by atoms with E-state index in [0.29, 0.717) is 13.0 Å². The Bertz CT molecular complexity index is 297. The number of amides is 3. The first-order valence-electron chi connectivity index (χ1n) is 6.27. The summed E-state index contributed by atoms with van der Waals surface area (Å²) >= 11 is 0. The molecule has 90 valence electrons. The van der Waals surface area contributed by atoms with E-state index in [2.05, 4.69) is 0 Å². The van der Waals surface area contributed by atoms with Gasteiger partial charge in [0.15, 0.2) is 0 Å². The Balaban J connectivity index is 2.16. The maximum Gasteiger partial charge on any atom is 0.327 e. The number of imide groups is 1. The van der Waals surface area contributed by atoms with Crippen LogP contribution in [-0.2, 0) is 4.79 Å². The summed E-state index contributed by atoms with van der Waals surface area (Å²) < 4.78 is 0. The number of nitrogens with zero attached hydrogens (tertiary/aromatic N) is 2. The highest BCUT2D eigenvalue weighted by Crippen LogP contribution is 2.28. The lowest BCUT2D eigenvalue weighted by molar-refractivity contribution is -0.134. The molecule has 1 saturated carbocycles. The van der Waals surface area contributed by atoms with Crippen molar-refractivity contribution in [1.82, 2.24) is 9.80 Å². The Morgan fingerprint density at radius 3 is 2.44 bits per heavy atom. The Hall–Kier alpha value is -1.06. The fraction of sp³-hybridized carbons (Fsp3) is 0.833. The van der Waals surface area contributed by atoms with Crippen molar-refractivity contribution in [3.05, 3.63) is 0 Å².